The normalized spacial score (nSPS) is 15.7. The number of hydrogen-bond acceptors (Lipinski definition) is 5. The van der Waals surface area contributed by atoms with Crippen LogP contribution in [0.3, 0.4) is 0 Å². The Hall–Kier alpha value is -5.23. The van der Waals surface area contributed by atoms with Gasteiger partial charge in [0.1, 0.15) is 11.0 Å². The third-order valence-corrected chi connectivity index (χ3v) is 10.4. The average Bonchev–Trinajstić information content (AvgIpc) is 3.74. The fourth-order valence-corrected chi connectivity index (χ4v) is 8.69. The van der Waals surface area contributed by atoms with Crippen LogP contribution in [0.2, 0.25) is 0 Å². The Labute approximate surface area is 245 Å². The highest BCUT2D eigenvalue weighted by atomic mass is 27.1. The minimum absolute atomic E-state index is 0.683. The average molecular weight is 556 g/mol. The highest BCUT2D eigenvalue weighted by Gasteiger charge is 2.35. The van der Waals surface area contributed by atoms with E-state index >= 15 is 0 Å². The first-order valence-corrected chi connectivity index (χ1v) is 15.2. The zero-order chi connectivity index (χ0) is 27.5. The van der Waals surface area contributed by atoms with E-state index in [1.165, 1.54) is 0 Å². The van der Waals surface area contributed by atoms with Crippen LogP contribution in [0.1, 0.15) is 22.3 Å². The van der Waals surface area contributed by atoms with Crippen LogP contribution in [0.4, 0.5) is 11.6 Å². The zero-order valence-electron chi connectivity index (χ0n) is 22.5. The molecule has 6 bridgehead atoms. The van der Waals surface area contributed by atoms with Gasteiger partial charge in [-0.2, -0.15) is 9.98 Å². The summed E-state index contributed by atoms with van der Waals surface area (Å²) in [6.45, 7) is 0. The van der Waals surface area contributed by atoms with Crippen LogP contribution in [-0.4, -0.2) is 57.7 Å². The molecule has 194 valence electrons. The molecule has 4 aromatic carbocycles. The van der Waals surface area contributed by atoms with E-state index in [-0.39, 0.29) is 0 Å². The molecule has 0 atom stereocenters. The number of hydrogen-bond donors (Lipinski definition) is 0. The number of nitrogens with zero attached hydrogens (tertiary/aromatic N) is 8. The Morgan fingerprint density at radius 2 is 1.00 bits per heavy atom. The Morgan fingerprint density at radius 1 is 0.500 bits per heavy atom. The van der Waals surface area contributed by atoms with Crippen molar-refractivity contribution in [1.29, 1.82) is 0 Å². The van der Waals surface area contributed by atoms with Crippen molar-refractivity contribution in [2.45, 2.75) is 0 Å². The highest BCUT2D eigenvalue weighted by molar-refractivity contribution is 6.37. The first-order valence-electron chi connectivity index (χ1n) is 14.0. The van der Waals surface area contributed by atoms with Crippen LogP contribution < -0.4 is 11.0 Å². The molecule has 0 fully saturated rings. The molecule has 0 amide bonds. The van der Waals surface area contributed by atoms with Crippen molar-refractivity contribution in [1.82, 2.24) is 7.10 Å². The molecular weight excluding hydrogens is 535 g/mol. The number of rotatable bonds is 0. The molecule has 0 radical (unpaired) electrons. The molecule has 0 spiro atoms. The van der Waals surface area contributed by atoms with Gasteiger partial charge in [0, 0.05) is 27.3 Å². The van der Waals surface area contributed by atoms with Crippen molar-refractivity contribution in [2.75, 3.05) is 7.05 Å². The molecule has 4 aliphatic rings. The Kier molecular flexibility index (Phi) is 4.25. The van der Waals surface area contributed by atoms with Crippen molar-refractivity contribution >= 4 is 72.2 Å². The van der Waals surface area contributed by atoms with E-state index in [0.29, 0.717) is 11.7 Å². The SMILES string of the molecule is C[N+]1=C2N=C(N=c3c4ccccc4c4[n]3[AlH][n]3c(c5ccccc5c31)N=C1N=C(N=4)c3ccccc31)c1ccccc12. The van der Waals surface area contributed by atoms with Crippen LogP contribution in [0.15, 0.2) is 122 Å². The van der Waals surface area contributed by atoms with E-state index in [4.69, 9.17) is 25.0 Å². The molecule has 6 heterocycles. The molecule has 10 rings (SSSR count). The minimum Gasteiger partial charge on any atom is -0.372 e. The Morgan fingerprint density at radius 3 is 1.67 bits per heavy atom. The molecule has 42 heavy (non-hydrogen) atoms. The summed E-state index contributed by atoms with van der Waals surface area (Å²) in [5.74, 6) is 4.95. The van der Waals surface area contributed by atoms with E-state index in [9.17, 15) is 0 Å². The van der Waals surface area contributed by atoms with Crippen molar-refractivity contribution in [3.05, 3.63) is 130 Å². The summed E-state index contributed by atoms with van der Waals surface area (Å²) in [5, 5.41) is 4.33. The Balaban J connectivity index is 1.49. The summed E-state index contributed by atoms with van der Waals surface area (Å²) in [4.78, 5) is 26.2. The fraction of sp³-hybridized carbons (Fsp3) is 0.0303. The van der Waals surface area contributed by atoms with Gasteiger partial charge in [0.05, 0.1) is 23.6 Å². The topological polar surface area (TPSA) is 74.7 Å². The monoisotopic (exact) mass is 555 g/mol. The van der Waals surface area contributed by atoms with E-state index in [2.05, 4.69) is 104 Å². The standard InChI is InChI=1S/C33H19N8.Al.H/c1-41-32-24-16-8-6-14-22(24)30(39-32)37-28-20-12-4-2-10-18(20)26(35-28)34-27-19-11-3-5-13-21(19)29(36-27)38-31-23-15-7-9-17-25(23)33(41)40-31;;/h2-17H,1H3;;/q-1;+2;. The van der Waals surface area contributed by atoms with Gasteiger partial charge in [-0.25, -0.2) is 14.6 Å². The van der Waals surface area contributed by atoms with E-state index in [1.807, 2.05) is 12.1 Å². The molecule has 0 saturated heterocycles. The summed E-state index contributed by atoms with van der Waals surface area (Å²) >= 11 is -1.33. The van der Waals surface area contributed by atoms with Gasteiger partial charge in [0.25, 0.3) is 5.84 Å². The van der Waals surface area contributed by atoms with Crippen molar-refractivity contribution in [3.63, 3.8) is 0 Å². The maximum atomic E-state index is 5.32. The third kappa shape index (κ3) is 2.81. The summed E-state index contributed by atoms with van der Waals surface area (Å²) in [7, 11) is 2.11. The molecule has 0 unspecified atom stereocenters. The van der Waals surface area contributed by atoms with E-state index in [1.54, 1.807) is 0 Å². The molecular formula is C33H20AlN8+. The lowest BCUT2D eigenvalue weighted by Gasteiger charge is -2.11. The maximum Gasteiger partial charge on any atom is 0.675 e. The first-order chi connectivity index (χ1) is 20.7. The van der Waals surface area contributed by atoms with E-state index in [0.717, 1.165) is 78.1 Å². The predicted octanol–water partition coefficient (Wildman–Crippen LogP) is 3.84. The van der Waals surface area contributed by atoms with Crippen LogP contribution in [0.25, 0.3) is 21.5 Å². The molecule has 0 saturated carbocycles. The number of aliphatic imine (C=N–C) groups is 3. The van der Waals surface area contributed by atoms with Gasteiger partial charge in [-0.05, 0) is 24.3 Å². The van der Waals surface area contributed by atoms with Crippen molar-refractivity contribution < 1.29 is 4.58 Å². The molecule has 8 nitrogen and oxygen atoms in total. The summed E-state index contributed by atoms with van der Waals surface area (Å²) in [6, 6.07) is 33.6. The van der Waals surface area contributed by atoms with Gasteiger partial charge in [-0.1, -0.05) is 77.8 Å². The molecule has 0 aliphatic carbocycles. The number of benzene rings is 4. The Bertz CT molecular complexity index is 2510. The summed E-state index contributed by atoms with van der Waals surface area (Å²) in [5.41, 5.74) is 5.84. The smallest absolute Gasteiger partial charge is 0.372 e. The summed E-state index contributed by atoms with van der Waals surface area (Å²) < 4.78 is 6.96. The molecule has 6 aromatic rings. The lowest BCUT2D eigenvalue weighted by molar-refractivity contribution is -0.408. The summed E-state index contributed by atoms with van der Waals surface area (Å²) in [6.07, 6.45) is 0. The van der Waals surface area contributed by atoms with Gasteiger partial charge in [0.2, 0.25) is 11.7 Å². The van der Waals surface area contributed by atoms with Gasteiger partial charge in [0.15, 0.2) is 17.5 Å². The lowest BCUT2D eigenvalue weighted by atomic mass is 10.1. The largest absolute Gasteiger partial charge is 0.675 e. The van der Waals surface area contributed by atoms with Gasteiger partial charge >= 0.3 is 15.7 Å². The predicted molar refractivity (Wildman–Crippen MR) is 166 cm³/mol. The van der Waals surface area contributed by atoms with E-state index < -0.39 is 15.7 Å². The van der Waals surface area contributed by atoms with Crippen molar-refractivity contribution in [3.8, 4) is 0 Å². The van der Waals surface area contributed by atoms with Gasteiger partial charge in [-0.15, -0.1) is 0 Å². The maximum absolute atomic E-state index is 5.32. The number of fused-ring (bicyclic) bond motifs is 14. The molecule has 2 aromatic heterocycles. The second-order valence-corrected chi connectivity index (χ2v) is 12.4. The van der Waals surface area contributed by atoms with Gasteiger partial charge in [-0.3, -0.25) is 0 Å². The lowest BCUT2D eigenvalue weighted by Crippen LogP contribution is -2.37. The van der Waals surface area contributed by atoms with Crippen LogP contribution in [0, 0.1) is 0 Å². The second-order valence-electron chi connectivity index (χ2n) is 10.9. The molecule has 9 heteroatoms. The van der Waals surface area contributed by atoms with Crippen LogP contribution in [-0.2, 0) is 0 Å². The minimum atomic E-state index is -1.33. The van der Waals surface area contributed by atoms with Crippen molar-refractivity contribution in [2.24, 2.45) is 25.0 Å². The second kappa shape index (κ2) is 7.95. The van der Waals surface area contributed by atoms with Crippen LogP contribution >= 0.6 is 0 Å². The molecule has 0 N–H and O–H groups in total. The van der Waals surface area contributed by atoms with Crippen LogP contribution in [0.5, 0.6) is 0 Å². The first kappa shape index (κ1) is 22.5. The highest BCUT2D eigenvalue weighted by Crippen LogP contribution is 2.39. The third-order valence-electron chi connectivity index (χ3n) is 8.64. The molecule has 4 aliphatic heterocycles. The zero-order valence-corrected chi connectivity index (χ0v) is 23.9. The number of aromatic nitrogens is 2. The van der Waals surface area contributed by atoms with Gasteiger partial charge < -0.3 is 7.10 Å². The number of amidine groups is 4. The fourth-order valence-electron chi connectivity index (χ4n) is 6.76. The quantitative estimate of drug-likeness (QED) is 0.202.